The van der Waals surface area contributed by atoms with Crippen LogP contribution in [-0.2, 0) is 6.42 Å². The van der Waals surface area contributed by atoms with Crippen molar-refractivity contribution in [3.63, 3.8) is 0 Å². The summed E-state index contributed by atoms with van der Waals surface area (Å²) in [6.45, 7) is 9.42. The molecule has 0 aliphatic heterocycles. The first kappa shape index (κ1) is 16.8. The summed E-state index contributed by atoms with van der Waals surface area (Å²) in [4.78, 5) is 0. The average molecular weight is 308 g/mol. The first-order chi connectivity index (χ1) is 10.00. The van der Waals surface area contributed by atoms with Gasteiger partial charge in [-0.05, 0) is 80.1 Å². The molecular formula is C19H30ClN. The first-order valence-electron chi connectivity index (χ1n) is 8.45. The van der Waals surface area contributed by atoms with Gasteiger partial charge in [0, 0.05) is 5.02 Å². The third kappa shape index (κ3) is 5.30. The molecule has 2 unspecified atom stereocenters. The highest BCUT2D eigenvalue weighted by molar-refractivity contribution is 6.30. The molecule has 118 valence electrons. The molecule has 2 atom stereocenters. The van der Waals surface area contributed by atoms with E-state index < -0.39 is 0 Å². The second-order valence-corrected chi connectivity index (χ2v) is 7.90. The zero-order valence-electron chi connectivity index (χ0n) is 13.8. The van der Waals surface area contributed by atoms with E-state index >= 15 is 0 Å². The van der Waals surface area contributed by atoms with Crippen molar-refractivity contribution in [2.24, 2.45) is 17.3 Å². The average Bonchev–Trinajstić information content (AvgIpc) is 2.43. The number of nitrogens with one attached hydrogen (secondary N) is 1. The number of hydrogen-bond acceptors (Lipinski definition) is 1. The van der Waals surface area contributed by atoms with E-state index in [2.05, 4.69) is 38.2 Å². The molecular weight excluding hydrogens is 278 g/mol. The Labute approximate surface area is 135 Å². The summed E-state index contributed by atoms with van der Waals surface area (Å²) < 4.78 is 0. The van der Waals surface area contributed by atoms with E-state index in [9.17, 15) is 0 Å². The number of hydrogen-bond donors (Lipinski definition) is 1. The molecule has 0 heterocycles. The van der Waals surface area contributed by atoms with Crippen LogP contribution in [0.2, 0.25) is 5.02 Å². The minimum absolute atomic E-state index is 0.498. The number of halogens is 1. The maximum atomic E-state index is 6.00. The van der Waals surface area contributed by atoms with Crippen LogP contribution in [0.3, 0.4) is 0 Å². The van der Waals surface area contributed by atoms with Gasteiger partial charge in [0.25, 0.3) is 0 Å². The summed E-state index contributed by atoms with van der Waals surface area (Å²) in [6.07, 6.45) is 6.48. The normalized spacial score (nSPS) is 25.0. The van der Waals surface area contributed by atoms with Gasteiger partial charge in [0.15, 0.2) is 0 Å². The van der Waals surface area contributed by atoms with Crippen LogP contribution in [0.1, 0.15) is 52.0 Å². The maximum Gasteiger partial charge on any atom is 0.0406 e. The summed E-state index contributed by atoms with van der Waals surface area (Å²) in [6, 6.07) is 8.44. The van der Waals surface area contributed by atoms with E-state index in [1.165, 1.54) is 44.2 Å². The molecule has 21 heavy (non-hydrogen) atoms. The van der Waals surface area contributed by atoms with Crippen LogP contribution >= 0.6 is 11.6 Å². The first-order valence-corrected chi connectivity index (χ1v) is 8.83. The fourth-order valence-electron chi connectivity index (χ4n) is 3.69. The Kier molecular flexibility index (Phi) is 6.13. The van der Waals surface area contributed by atoms with Gasteiger partial charge in [-0.2, -0.15) is 0 Å². The highest BCUT2D eigenvalue weighted by Crippen LogP contribution is 2.43. The molecule has 0 saturated heterocycles. The van der Waals surface area contributed by atoms with Gasteiger partial charge < -0.3 is 5.32 Å². The summed E-state index contributed by atoms with van der Waals surface area (Å²) in [5.41, 5.74) is 1.93. The Morgan fingerprint density at radius 3 is 2.57 bits per heavy atom. The van der Waals surface area contributed by atoms with Gasteiger partial charge in [0.2, 0.25) is 0 Å². The van der Waals surface area contributed by atoms with Gasteiger partial charge >= 0.3 is 0 Å². The van der Waals surface area contributed by atoms with E-state index in [1.807, 2.05) is 12.1 Å². The number of benzene rings is 1. The summed E-state index contributed by atoms with van der Waals surface area (Å²) >= 11 is 6.00. The van der Waals surface area contributed by atoms with E-state index in [-0.39, 0.29) is 0 Å². The van der Waals surface area contributed by atoms with Gasteiger partial charge in [-0.15, -0.1) is 0 Å². The fourth-order valence-corrected chi connectivity index (χ4v) is 3.81. The Morgan fingerprint density at radius 1 is 1.19 bits per heavy atom. The molecule has 0 amide bonds. The topological polar surface area (TPSA) is 12.0 Å². The van der Waals surface area contributed by atoms with Crippen LogP contribution in [0.5, 0.6) is 0 Å². The van der Waals surface area contributed by atoms with Crippen molar-refractivity contribution >= 4 is 11.6 Å². The second-order valence-electron chi connectivity index (χ2n) is 7.46. The summed E-state index contributed by atoms with van der Waals surface area (Å²) in [7, 11) is 0. The molecule has 0 bridgehead atoms. The van der Waals surface area contributed by atoms with Crippen molar-refractivity contribution in [2.75, 3.05) is 13.1 Å². The third-order valence-corrected chi connectivity index (χ3v) is 5.17. The third-order valence-electron chi connectivity index (χ3n) is 4.92. The van der Waals surface area contributed by atoms with Crippen LogP contribution < -0.4 is 5.32 Å². The Bertz CT molecular complexity index is 424. The molecule has 1 aliphatic rings. The van der Waals surface area contributed by atoms with Crippen molar-refractivity contribution in [2.45, 2.75) is 52.9 Å². The fraction of sp³-hybridized carbons (Fsp3) is 0.684. The van der Waals surface area contributed by atoms with Crippen molar-refractivity contribution in [3.8, 4) is 0 Å². The van der Waals surface area contributed by atoms with Gasteiger partial charge in [0.05, 0.1) is 0 Å². The van der Waals surface area contributed by atoms with Gasteiger partial charge in [-0.25, -0.2) is 0 Å². The van der Waals surface area contributed by atoms with E-state index in [0.29, 0.717) is 5.41 Å². The van der Waals surface area contributed by atoms with Gasteiger partial charge in [0.1, 0.15) is 0 Å². The SMILES string of the molecule is CCCNCC1CCC(C)(C)CC1Cc1ccc(Cl)cc1. The molecule has 1 aromatic rings. The molecule has 1 saturated carbocycles. The monoisotopic (exact) mass is 307 g/mol. The van der Waals surface area contributed by atoms with E-state index in [1.54, 1.807) is 0 Å². The smallest absolute Gasteiger partial charge is 0.0406 e. The van der Waals surface area contributed by atoms with Crippen LogP contribution in [0.25, 0.3) is 0 Å². The van der Waals surface area contributed by atoms with Crippen LogP contribution in [0.4, 0.5) is 0 Å². The number of rotatable bonds is 6. The molecule has 0 spiro atoms. The van der Waals surface area contributed by atoms with Crippen LogP contribution in [0.15, 0.2) is 24.3 Å². The van der Waals surface area contributed by atoms with Crippen molar-refractivity contribution in [3.05, 3.63) is 34.9 Å². The molecule has 1 fully saturated rings. The lowest BCUT2D eigenvalue weighted by Gasteiger charge is -2.41. The molecule has 0 aromatic heterocycles. The largest absolute Gasteiger partial charge is 0.316 e. The summed E-state index contributed by atoms with van der Waals surface area (Å²) in [5, 5.41) is 4.47. The zero-order chi connectivity index (χ0) is 15.3. The Hall–Kier alpha value is -0.530. The van der Waals surface area contributed by atoms with Crippen molar-refractivity contribution in [1.29, 1.82) is 0 Å². The molecule has 2 heteroatoms. The van der Waals surface area contributed by atoms with Crippen molar-refractivity contribution < 1.29 is 0 Å². The van der Waals surface area contributed by atoms with Gasteiger partial charge in [-0.1, -0.05) is 44.5 Å². The molecule has 2 rings (SSSR count). The lowest BCUT2D eigenvalue weighted by molar-refractivity contribution is 0.116. The molecule has 0 radical (unpaired) electrons. The predicted molar refractivity (Wildman–Crippen MR) is 92.9 cm³/mol. The van der Waals surface area contributed by atoms with E-state index in [4.69, 9.17) is 11.6 Å². The second kappa shape index (κ2) is 7.65. The molecule has 1 N–H and O–H groups in total. The molecule has 1 nitrogen and oxygen atoms in total. The zero-order valence-corrected chi connectivity index (χ0v) is 14.5. The minimum atomic E-state index is 0.498. The maximum absolute atomic E-state index is 6.00. The highest BCUT2D eigenvalue weighted by Gasteiger charge is 2.34. The van der Waals surface area contributed by atoms with Crippen molar-refractivity contribution in [1.82, 2.24) is 5.32 Å². The molecule has 1 aliphatic carbocycles. The lowest BCUT2D eigenvalue weighted by Crippen LogP contribution is -2.37. The highest BCUT2D eigenvalue weighted by atomic mass is 35.5. The van der Waals surface area contributed by atoms with Crippen LogP contribution in [-0.4, -0.2) is 13.1 Å². The summed E-state index contributed by atoms with van der Waals surface area (Å²) in [5.74, 6) is 1.61. The van der Waals surface area contributed by atoms with Gasteiger partial charge in [-0.3, -0.25) is 0 Å². The minimum Gasteiger partial charge on any atom is -0.316 e. The van der Waals surface area contributed by atoms with E-state index in [0.717, 1.165) is 23.4 Å². The quantitative estimate of drug-likeness (QED) is 0.701. The standard InChI is InChI=1S/C19H30ClN/c1-4-11-21-14-16-9-10-19(2,3)13-17(16)12-15-5-7-18(20)8-6-15/h5-8,16-17,21H,4,9-14H2,1-3H3. The predicted octanol–water partition coefficient (Wildman–Crippen LogP) is 5.32. The Balaban J connectivity index is 2.00. The lowest BCUT2D eigenvalue weighted by atomic mass is 9.65. The van der Waals surface area contributed by atoms with Crippen LogP contribution in [0, 0.1) is 17.3 Å². The Morgan fingerprint density at radius 2 is 1.90 bits per heavy atom. The molecule has 1 aromatic carbocycles.